The molecule has 1 heteroatoms. The Bertz CT molecular complexity index is 364. The predicted octanol–water partition coefficient (Wildman–Crippen LogP) is 3.54. The van der Waals surface area contributed by atoms with Gasteiger partial charge in [-0.3, -0.25) is 4.79 Å². The molecule has 0 amide bonds. The van der Waals surface area contributed by atoms with Crippen molar-refractivity contribution in [3.8, 4) is 0 Å². The summed E-state index contributed by atoms with van der Waals surface area (Å²) in [7, 11) is 0. The highest BCUT2D eigenvalue weighted by atomic mass is 16.1. The largest absolute Gasteiger partial charge is 0.299 e. The lowest BCUT2D eigenvalue weighted by Crippen LogP contribution is -2.13. The fourth-order valence-corrected chi connectivity index (χ4v) is 2.55. The fourth-order valence-electron chi connectivity index (χ4n) is 2.55. The van der Waals surface area contributed by atoms with Crippen LogP contribution in [0.25, 0.3) is 0 Å². The lowest BCUT2D eigenvalue weighted by Gasteiger charge is -2.25. The van der Waals surface area contributed by atoms with Crippen LogP contribution in [0, 0.1) is 5.92 Å². The molecule has 84 valence electrons. The maximum Gasteiger partial charge on any atom is 0.142 e. The Balaban J connectivity index is 2.07. The molecular formula is C15H18O. The number of hydrogen-bond donors (Lipinski definition) is 0. The maximum absolute atomic E-state index is 10.6. The van der Waals surface area contributed by atoms with Crippen LogP contribution in [0.5, 0.6) is 0 Å². The second kappa shape index (κ2) is 5.64. The number of rotatable bonds is 3. The van der Waals surface area contributed by atoms with Crippen molar-refractivity contribution >= 4 is 6.29 Å². The summed E-state index contributed by atoms with van der Waals surface area (Å²) in [5, 5.41) is 0. The van der Waals surface area contributed by atoms with E-state index in [1.54, 1.807) is 6.08 Å². The number of carbonyl (C=O) groups excluding carboxylic acids is 1. The van der Waals surface area contributed by atoms with Crippen LogP contribution in [-0.4, -0.2) is 6.29 Å². The van der Waals surface area contributed by atoms with E-state index in [2.05, 4.69) is 24.3 Å². The van der Waals surface area contributed by atoms with Gasteiger partial charge in [0.1, 0.15) is 6.29 Å². The van der Waals surface area contributed by atoms with E-state index in [0.717, 1.165) is 19.1 Å². The topological polar surface area (TPSA) is 17.1 Å². The Labute approximate surface area is 97.2 Å². The highest BCUT2D eigenvalue weighted by Gasteiger charge is 2.18. The summed E-state index contributed by atoms with van der Waals surface area (Å²) < 4.78 is 0. The summed E-state index contributed by atoms with van der Waals surface area (Å²) in [5.41, 5.74) is 2.73. The van der Waals surface area contributed by atoms with Crippen molar-refractivity contribution in [2.24, 2.45) is 5.92 Å². The van der Waals surface area contributed by atoms with Crippen LogP contribution in [0.1, 0.15) is 31.2 Å². The quantitative estimate of drug-likeness (QED) is 0.555. The average molecular weight is 214 g/mol. The first-order valence-electron chi connectivity index (χ1n) is 6.08. The molecule has 0 bridgehead atoms. The molecule has 1 atom stereocenters. The molecule has 0 aliphatic heterocycles. The molecule has 1 aromatic carbocycles. The third kappa shape index (κ3) is 2.82. The summed E-state index contributed by atoms with van der Waals surface area (Å²) in [6, 6.07) is 10.6. The molecule has 1 nitrogen and oxygen atoms in total. The molecule has 16 heavy (non-hydrogen) atoms. The van der Waals surface area contributed by atoms with Crippen LogP contribution in [0.4, 0.5) is 0 Å². The van der Waals surface area contributed by atoms with Crippen LogP contribution in [0.2, 0.25) is 0 Å². The van der Waals surface area contributed by atoms with Gasteiger partial charge in [-0.25, -0.2) is 0 Å². The summed E-state index contributed by atoms with van der Waals surface area (Å²) >= 11 is 0. The van der Waals surface area contributed by atoms with Gasteiger partial charge in [0.15, 0.2) is 0 Å². The predicted molar refractivity (Wildman–Crippen MR) is 66.3 cm³/mol. The molecule has 1 saturated carbocycles. The van der Waals surface area contributed by atoms with E-state index in [0.29, 0.717) is 5.92 Å². The molecule has 0 N–H and O–H groups in total. The standard InChI is InChI=1S/C15H18O/c16-11-10-14-8-4-5-9-15(14)12-13-6-2-1-3-7-13/h1-3,6-7,10-11,15H,4-5,8-9,12H2/b14-10+/t15-/m1/s1. The molecular weight excluding hydrogens is 196 g/mol. The molecule has 1 fully saturated rings. The van der Waals surface area contributed by atoms with Crippen LogP contribution < -0.4 is 0 Å². The van der Waals surface area contributed by atoms with Gasteiger partial charge in [0.25, 0.3) is 0 Å². The SMILES string of the molecule is O=C/C=C1\CCCC[C@@H]1Cc1ccccc1. The van der Waals surface area contributed by atoms with Gasteiger partial charge in [-0.1, -0.05) is 42.3 Å². The normalized spacial score (nSPS) is 23.2. The van der Waals surface area contributed by atoms with Crippen molar-refractivity contribution in [1.82, 2.24) is 0 Å². The first-order chi connectivity index (χ1) is 7.90. The highest BCUT2D eigenvalue weighted by molar-refractivity contribution is 5.66. The van der Waals surface area contributed by atoms with Crippen LogP contribution in [-0.2, 0) is 11.2 Å². The van der Waals surface area contributed by atoms with E-state index in [9.17, 15) is 4.79 Å². The summed E-state index contributed by atoms with van der Waals surface area (Å²) in [6.45, 7) is 0. The number of aldehydes is 1. The van der Waals surface area contributed by atoms with Gasteiger partial charge in [0.05, 0.1) is 0 Å². The van der Waals surface area contributed by atoms with Gasteiger partial charge >= 0.3 is 0 Å². The third-order valence-electron chi connectivity index (χ3n) is 3.40. The van der Waals surface area contributed by atoms with E-state index in [-0.39, 0.29) is 0 Å². The van der Waals surface area contributed by atoms with E-state index < -0.39 is 0 Å². The Morgan fingerprint density at radius 1 is 1.19 bits per heavy atom. The minimum Gasteiger partial charge on any atom is -0.299 e. The van der Waals surface area contributed by atoms with Gasteiger partial charge in [0, 0.05) is 0 Å². The van der Waals surface area contributed by atoms with Crippen molar-refractivity contribution in [3.05, 3.63) is 47.5 Å². The van der Waals surface area contributed by atoms with Gasteiger partial charge in [0.2, 0.25) is 0 Å². The van der Waals surface area contributed by atoms with Crippen molar-refractivity contribution in [3.63, 3.8) is 0 Å². The summed E-state index contributed by atoms with van der Waals surface area (Å²) in [6.07, 6.45) is 8.69. The molecule has 0 aromatic heterocycles. The van der Waals surface area contributed by atoms with Crippen molar-refractivity contribution in [2.45, 2.75) is 32.1 Å². The molecule has 0 heterocycles. The Hall–Kier alpha value is -1.37. The average Bonchev–Trinajstić information content (AvgIpc) is 2.33. The zero-order chi connectivity index (χ0) is 11.2. The smallest absolute Gasteiger partial charge is 0.142 e. The first kappa shape index (κ1) is 11.1. The van der Waals surface area contributed by atoms with Crippen molar-refractivity contribution in [1.29, 1.82) is 0 Å². The maximum atomic E-state index is 10.6. The Morgan fingerprint density at radius 2 is 2.00 bits per heavy atom. The molecule has 0 radical (unpaired) electrons. The van der Waals surface area contributed by atoms with Crippen molar-refractivity contribution in [2.75, 3.05) is 0 Å². The minimum absolute atomic E-state index is 0.585. The minimum atomic E-state index is 0.585. The zero-order valence-corrected chi connectivity index (χ0v) is 9.56. The molecule has 1 aliphatic carbocycles. The van der Waals surface area contributed by atoms with Gasteiger partial charge < -0.3 is 0 Å². The van der Waals surface area contributed by atoms with E-state index in [1.165, 1.54) is 30.4 Å². The fraction of sp³-hybridized carbons (Fsp3) is 0.400. The van der Waals surface area contributed by atoms with E-state index >= 15 is 0 Å². The van der Waals surface area contributed by atoms with E-state index in [4.69, 9.17) is 0 Å². The Morgan fingerprint density at radius 3 is 2.75 bits per heavy atom. The number of carbonyl (C=O) groups is 1. The van der Waals surface area contributed by atoms with Crippen LogP contribution in [0.15, 0.2) is 42.0 Å². The van der Waals surface area contributed by atoms with Gasteiger partial charge in [-0.2, -0.15) is 0 Å². The Kier molecular flexibility index (Phi) is 3.92. The van der Waals surface area contributed by atoms with E-state index in [1.807, 2.05) is 6.07 Å². The molecule has 0 unspecified atom stereocenters. The van der Waals surface area contributed by atoms with Gasteiger partial charge in [-0.05, 0) is 43.2 Å². The second-order valence-corrected chi connectivity index (χ2v) is 4.51. The van der Waals surface area contributed by atoms with Gasteiger partial charge in [-0.15, -0.1) is 0 Å². The first-order valence-corrected chi connectivity index (χ1v) is 6.08. The molecule has 1 aliphatic rings. The number of benzene rings is 1. The lowest BCUT2D eigenvalue weighted by atomic mass is 9.80. The van der Waals surface area contributed by atoms with Crippen LogP contribution in [0.3, 0.4) is 0 Å². The number of hydrogen-bond acceptors (Lipinski definition) is 1. The van der Waals surface area contributed by atoms with Crippen LogP contribution >= 0.6 is 0 Å². The molecule has 0 spiro atoms. The lowest BCUT2D eigenvalue weighted by molar-refractivity contribution is -0.104. The zero-order valence-electron chi connectivity index (χ0n) is 9.56. The second-order valence-electron chi connectivity index (χ2n) is 4.51. The van der Waals surface area contributed by atoms with Crippen molar-refractivity contribution < 1.29 is 4.79 Å². The number of allylic oxidation sites excluding steroid dienone is 2. The molecule has 1 aromatic rings. The summed E-state index contributed by atoms with van der Waals surface area (Å²) in [5.74, 6) is 0.585. The molecule has 2 rings (SSSR count). The monoisotopic (exact) mass is 214 g/mol. The third-order valence-corrected chi connectivity index (χ3v) is 3.40. The summed E-state index contributed by atoms with van der Waals surface area (Å²) in [4.78, 5) is 10.6. The molecule has 0 saturated heterocycles. The highest BCUT2D eigenvalue weighted by Crippen LogP contribution is 2.31.